The molecule has 0 saturated heterocycles. The van der Waals surface area contributed by atoms with Crippen LogP contribution in [0.2, 0.25) is 0 Å². The molecular formula is C7H8O3S. The molecule has 0 amide bonds. The van der Waals surface area contributed by atoms with Crippen LogP contribution in [0.15, 0.2) is 0 Å². The van der Waals surface area contributed by atoms with Crippen molar-refractivity contribution >= 4 is 17.3 Å². The van der Waals surface area contributed by atoms with Gasteiger partial charge in [0, 0.05) is 5.56 Å². The van der Waals surface area contributed by atoms with Gasteiger partial charge in [0.2, 0.25) is 0 Å². The van der Waals surface area contributed by atoms with E-state index < -0.39 is 5.97 Å². The molecule has 0 atom stereocenters. The van der Waals surface area contributed by atoms with E-state index in [0.717, 1.165) is 11.3 Å². The topological polar surface area (TPSA) is 57.5 Å². The van der Waals surface area contributed by atoms with Gasteiger partial charge >= 0.3 is 5.97 Å². The van der Waals surface area contributed by atoms with Crippen LogP contribution in [0.4, 0.5) is 0 Å². The van der Waals surface area contributed by atoms with Gasteiger partial charge in [-0.2, -0.15) is 0 Å². The molecule has 4 heteroatoms. The first-order valence-electron chi connectivity index (χ1n) is 3.06. The molecule has 0 bridgehead atoms. The number of aromatic carboxylic acids is 1. The molecule has 0 fully saturated rings. The van der Waals surface area contributed by atoms with Crippen LogP contribution in [-0.2, 0) is 0 Å². The summed E-state index contributed by atoms with van der Waals surface area (Å²) in [6.07, 6.45) is 0. The summed E-state index contributed by atoms with van der Waals surface area (Å²) in [7, 11) is 0. The third-order valence-corrected chi connectivity index (χ3v) is 2.80. The average Bonchev–Trinajstić information content (AvgIpc) is 2.17. The number of carboxylic acids is 1. The zero-order chi connectivity index (χ0) is 8.59. The number of rotatable bonds is 1. The maximum Gasteiger partial charge on any atom is 0.346 e. The lowest BCUT2D eigenvalue weighted by molar-refractivity contribution is 0.0701. The van der Waals surface area contributed by atoms with Crippen molar-refractivity contribution in [2.75, 3.05) is 0 Å². The Kier molecular flexibility index (Phi) is 1.87. The number of aromatic hydroxyl groups is 1. The highest BCUT2D eigenvalue weighted by atomic mass is 32.1. The van der Waals surface area contributed by atoms with Crippen LogP contribution in [0, 0.1) is 13.8 Å². The fourth-order valence-electron chi connectivity index (χ4n) is 0.785. The minimum Gasteiger partial charge on any atom is -0.499 e. The number of carboxylic acid groups (broad SMARTS) is 1. The first-order chi connectivity index (χ1) is 5.04. The molecule has 1 heterocycles. The fraction of sp³-hybridized carbons (Fsp3) is 0.286. The SMILES string of the molecule is Cc1c(O)sc(C(=O)O)c1C. The van der Waals surface area contributed by atoms with Gasteiger partial charge in [-0.05, 0) is 19.4 Å². The minimum absolute atomic E-state index is 0.0971. The van der Waals surface area contributed by atoms with Crippen molar-refractivity contribution in [2.24, 2.45) is 0 Å². The lowest BCUT2D eigenvalue weighted by atomic mass is 10.2. The molecular weight excluding hydrogens is 164 g/mol. The van der Waals surface area contributed by atoms with E-state index in [0.29, 0.717) is 11.1 Å². The van der Waals surface area contributed by atoms with E-state index >= 15 is 0 Å². The Balaban J connectivity index is 3.29. The summed E-state index contributed by atoms with van der Waals surface area (Å²) in [5.74, 6) is -0.976. The highest BCUT2D eigenvalue weighted by molar-refractivity contribution is 7.16. The molecule has 3 nitrogen and oxygen atoms in total. The molecule has 60 valence electrons. The summed E-state index contributed by atoms with van der Waals surface area (Å²) < 4.78 is 0. The van der Waals surface area contributed by atoms with E-state index in [9.17, 15) is 4.79 Å². The summed E-state index contributed by atoms with van der Waals surface area (Å²) in [6.45, 7) is 3.39. The van der Waals surface area contributed by atoms with Crippen LogP contribution in [0.25, 0.3) is 0 Å². The van der Waals surface area contributed by atoms with Crippen LogP contribution in [-0.4, -0.2) is 16.2 Å². The fourth-order valence-corrected chi connectivity index (χ4v) is 1.68. The Morgan fingerprint density at radius 2 is 1.91 bits per heavy atom. The van der Waals surface area contributed by atoms with Crippen LogP contribution < -0.4 is 0 Å². The van der Waals surface area contributed by atoms with Gasteiger partial charge in [0.15, 0.2) is 5.06 Å². The summed E-state index contributed by atoms with van der Waals surface area (Å²) in [4.78, 5) is 10.7. The van der Waals surface area contributed by atoms with Crippen molar-refractivity contribution < 1.29 is 15.0 Å². The van der Waals surface area contributed by atoms with Gasteiger partial charge in [-0.3, -0.25) is 0 Å². The quantitative estimate of drug-likeness (QED) is 0.678. The Morgan fingerprint density at radius 1 is 1.36 bits per heavy atom. The molecule has 0 saturated carbocycles. The minimum atomic E-state index is -0.976. The maximum absolute atomic E-state index is 10.5. The molecule has 0 radical (unpaired) electrons. The summed E-state index contributed by atoms with van der Waals surface area (Å²) in [5, 5.41) is 17.8. The molecule has 0 aliphatic carbocycles. The number of carbonyl (C=O) groups is 1. The molecule has 0 aliphatic heterocycles. The van der Waals surface area contributed by atoms with Gasteiger partial charge in [0.25, 0.3) is 0 Å². The third-order valence-electron chi connectivity index (χ3n) is 1.62. The van der Waals surface area contributed by atoms with Crippen molar-refractivity contribution in [1.82, 2.24) is 0 Å². The monoisotopic (exact) mass is 172 g/mol. The molecule has 2 N–H and O–H groups in total. The average molecular weight is 172 g/mol. The highest BCUT2D eigenvalue weighted by Gasteiger charge is 2.15. The number of hydrogen-bond donors (Lipinski definition) is 2. The van der Waals surface area contributed by atoms with Crippen molar-refractivity contribution in [1.29, 1.82) is 0 Å². The summed E-state index contributed by atoms with van der Waals surface area (Å²) in [5.41, 5.74) is 1.31. The second-order valence-corrected chi connectivity index (χ2v) is 3.29. The normalized spacial score (nSPS) is 10.0. The predicted octanol–water partition coefficient (Wildman–Crippen LogP) is 1.77. The van der Waals surface area contributed by atoms with Gasteiger partial charge in [0.1, 0.15) is 4.88 Å². The Bertz CT molecular complexity index is 301. The smallest absolute Gasteiger partial charge is 0.346 e. The second-order valence-electron chi connectivity index (χ2n) is 2.29. The predicted molar refractivity (Wildman–Crippen MR) is 42.4 cm³/mol. The number of hydrogen-bond acceptors (Lipinski definition) is 3. The van der Waals surface area contributed by atoms with Crippen molar-refractivity contribution in [3.8, 4) is 5.06 Å². The van der Waals surface area contributed by atoms with E-state index in [4.69, 9.17) is 10.2 Å². The molecule has 0 unspecified atom stereocenters. The number of thiophene rings is 1. The Hall–Kier alpha value is -1.03. The van der Waals surface area contributed by atoms with Crippen LogP contribution in [0.5, 0.6) is 5.06 Å². The van der Waals surface area contributed by atoms with Crippen molar-refractivity contribution in [3.63, 3.8) is 0 Å². The van der Waals surface area contributed by atoms with E-state index in [1.54, 1.807) is 13.8 Å². The molecule has 11 heavy (non-hydrogen) atoms. The van der Waals surface area contributed by atoms with Gasteiger partial charge in [0.05, 0.1) is 0 Å². The summed E-state index contributed by atoms with van der Waals surface area (Å²) >= 11 is 0.905. The lowest BCUT2D eigenvalue weighted by Crippen LogP contribution is -1.94. The van der Waals surface area contributed by atoms with Gasteiger partial charge < -0.3 is 10.2 Å². The zero-order valence-electron chi connectivity index (χ0n) is 6.21. The van der Waals surface area contributed by atoms with Gasteiger partial charge in [-0.15, -0.1) is 0 Å². The molecule has 1 aromatic heterocycles. The van der Waals surface area contributed by atoms with E-state index in [-0.39, 0.29) is 9.94 Å². The summed E-state index contributed by atoms with van der Waals surface area (Å²) in [6, 6.07) is 0. The van der Waals surface area contributed by atoms with Crippen LogP contribution >= 0.6 is 11.3 Å². The van der Waals surface area contributed by atoms with Gasteiger partial charge in [-0.25, -0.2) is 4.79 Å². The van der Waals surface area contributed by atoms with Crippen molar-refractivity contribution in [3.05, 3.63) is 16.0 Å². The van der Waals surface area contributed by atoms with E-state index in [2.05, 4.69) is 0 Å². The van der Waals surface area contributed by atoms with E-state index in [1.807, 2.05) is 0 Å². The molecule has 0 aliphatic rings. The highest BCUT2D eigenvalue weighted by Crippen LogP contribution is 2.32. The van der Waals surface area contributed by atoms with Gasteiger partial charge in [-0.1, -0.05) is 11.3 Å². The second kappa shape index (κ2) is 2.54. The zero-order valence-corrected chi connectivity index (χ0v) is 7.03. The van der Waals surface area contributed by atoms with Crippen LogP contribution in [0.3, 0.4) is 0 Å². The molecule has 0 aromatic carbocycles. The molecule has 1 rings (SSSR count). The lowest BCUT2D eigenvalue weighted by Gasteiger charge is -1.89. The largest absolute Gasteiger partial charge is 0.499 e. The van der Waals surface area contributed by atoms with Crippen molar-refractivity contribution in [2.45, 2.75) is 13.8 Å². The first-order valence-corrected chi connectivity index (χ1v) is 3.88. The Labute approximate surface area is 67.9 Å². The molecule has 0 spiro atoms. The third kappa shape index (κ3) is 1.21. The van der Waals surface area contributed by atoms with Crippen LogP contribution in [0.1, 0.15) is 20.8 Å². The Morgan fingerprint density at radius 3 is 2.09 bits per heavy atom. The standard InChI is InChI=1S/C7H8O3S/c1-3-4(2)7(10)11-5(3)6(8)9/h10H,1-2H3,(H,8,9). The first kappa shape index (κ1) is 8.07. The van der Waals surface area contributed by atoms with E-state index in [1.165, 1.54) is 0 Å². The maximum atomic E-state index is 10.5. The molecule has 1 aromatic rings.